The van der Waals surface area contributed by atoms with E-state index in [1.807, 2.05) is 40.3 Å². The van der Waals surface area contributed by atoms with Crippen molar-refractivity contribution in [3.8, 4) is 0 Å². The summed E-state index contributed by atoms with van der Waals surface area (Å²) in [4.78, 5) is 28.0. The van der Waals surface area contributed by atoms with Crippen LogP contribution in [0.1, 0.15) is 23.1 Å². The Labute approximate surface area is 205 Å². The van der Waals surface area contributed by atoms with Gasteiger partial charge in [0.05, 0.1) is 0 Å². The zero-order valence-electron chi connectivity index (χ0n) is 19.8. The van der Waals surface area contributed by atoms with Crippen molar-refractivity contribution in [2.75, 3.05) is 37.6 Å². The van der Waals surface area contributed by atoms with Crippen molar-refractivity contribution in [2.45, 2.75) is 13.3 Å². The van der Waals surface area contributed by atoms with Gasteiger partial charge in [0, 0.05) is 50.5 Å². The Kier molecular flexibility index (Phi) is 6.57. The summed E-state index contributed by atoms with van der Waals surface area (Å²) in [6.07, 6.45) is 8.39. The molecule has 3 heterocycles. The first kappa shape index (κ1) is 22.8. The second-order valence-electron chi connectivity index (χ2n) is 8.82. The van der Waals surface area contributed by atoms with Crippen LogP contribution in [0.5, 0.6) is 0 Å². The van der Waals surface area contributed by atoms with Gasteiger partial charge >= 0.3 is 0 Å². The van der Waals surface area contributed by atoms with Crippen LogP contribution in [0.3, 0.4) is 0 Å². The number of nitrogens with zero attached hydrogens (tertiary/aromatic N) is 5. The van der Waals surface area contributed by atoms with Gasteiger partial charge in [-0.1, -0.05) is 42.5 Å². The number of carbonyl (C=O) groups excluding carboxylic acids is 1. The van der Waals surface area contributed by atoms with Crippen molar-refractivity contribution in [3.63, 3.8) is 0 Å². The third-order valence-electron chi connectivity index (χ3n) is 6.51. The van der Waals surface area contributed by atoms with Gasteiger partial charge in [0.15, 0.2) is 0 Å². The molecule has 0 N–H and O–H groups in total. The number of hydrogen-bond acceptors (Lipinski definition) is 5. The minimum Gasteiger partial charge on any atom is -0.338 e. The summed E-state index contributed by atoms with van der Waals surface area (Å²) < 4.78 is 13.8. The molecule has 3 aromatic rings. The quantitative estimate of drug-likeness (QED) is 0.556. The molecule has 0 unspecified atom stereocenters. The molecule has 1 aromatic heterocycles. The van der Waals surface area contributed by atoms with E-state index in [0.717, 1.165) is 28.8 Å². The highest BCUT2D eigenvalue weighted by Crippen LogP contribution is 2.32. The number of halogens is 1. The number of amides is 1. The van der Waals surface area contributed by atoms with Gasteiger partial charge < -0.3 is 14.7 Å². The molecule has 6 nitrogen and oxygen atoms in total. The van der Waals surface area contributed by atoms with Crippen LogP contribution in [0.15, 0.2) is 79.3 Å². The van der Waals surface area contributed by atoms with Crippen LogP contribution in [0, 0.1) is 12.7 Å². The smallest absolute Gasteiger partial charge is 0.242 e. The summed E-state index contributed by atoms with van der Waals surface area (Å²) in [7, 11) is 0. The molecule has 1 amide bonds. The first-order valence-electron chi connectivity index (χ1n) is 11.9. The van der Waals surface area contributed by atoms with E-state index in [1.165, 1.54) is 6.07 Å². The third kappa shape index (κ3) is 5.09. The lowest BCUT2D eigenvalue weighted by Crippen LogP contribution is -2.51. The molecule has 0 radical (unpaired) electrons. The van der Waals surface area contributed by atoms with Crippen molar-refractivity contribution in [1.82, 2.24) is 19.8 Å². The molecule has 178 valence electrons. The predicted octanol–water partition coefficient (Wildman–Crippen LogP) is 4.36. The summed E-state index contributed by atoms with van der Waals surface area (Å²) in [6.45, 7) is 4.67. The van der Waals surface area contributed by atoms with Crippen molar-refractivity contribution in [3.05, 3.63) is 102 Å². The summed E-state index contributed by atoms with van der Waals surface area (Å²) in [5.74, 6) is 0.568. The number of carbonyl (C=O) groups is 1. The maximum atomic E-state index is 13.8. The zero-order valence-corrected chi connectivity index (χ0v) is 19.8. The van der Waals surface area contributed by atoms with Crippen molar-refractivity contribution in [2.24, 2.45) is 0 Å². The van der Waals surface area contributed by atoms with E-state index < -0.39 is 0 Å². The van der Waals surface area contributed by atoms with Crippen molar-refractivity contribution >= 4 is 23.1 Å². The van der Waals surface area contributed by atoms with E-state index in [0.29, 0.717) is 37.7 Å². The number of allylic oxidation sites excluding steroid dienone is 2. The fraction of sp³-hybridized carbons (Fsp3) is 0.250. The van der Waals surface area contributed by atoms with Gasteiger partial charge in [-0.05, 0) is 53.8 Å². The highest BCUT2D eigenvalue weighted by Gasteiger charge is 2.26. The van der Waals surface area contributed by atoms with Gasteiger partial charge in [-0.3, -0.25) is 4.79 Å². The van der Waals surface area contributed by atoms with E-state index in [1.54, 1.807) is 31.5 Å². The molecular formula is C28H28FN5O. The molecule has 0 aliphatic carbocycles. The molecule has 7 heteroatoms. The Bertz CT molecular complexity index is 1250. The van der Waals surface area contributed by atoms with E-state index in [4.69, 9.17) is 0 Å². The fourth-order valence-corrected chi connectivity index (χ4v) is 4.55. The number of hydrogen-bond donors (Lipinski definition) is 0. The Hall–Kier alpha value is -4.00. The van der Waals surface area contributed by atoms with Gasteiger partial charge in [-0.15, -0.1) is 0 Å². The summed E-state index contributed by atoms with van der Waals surface area (Å²) in [5, 5.41) is 0. The van der Waals surface area contributed by atoms with E-state index in [2.05, 4.69) is 33.1 Å². The first-order chi connectivity index (χ1) is 17.1. The lowest BCUT2D eigenvalue weighted by molar-refractivity contribution is -0.131. The Morgan fingerprint density at radius 1 is 0.943 bits per heavy atom. The molecule has 1 fully saturated rings. The minimum atomic E-state index is -0.210. The van der Waals surface area contributed by atoms with E-state index in [-0.39, 0.29) is 18.3 Å². The molecule has 0 spiro atoms. The van der Waals surface area contributed by atoms with E-state index >= 15 is 0 Å². The Morgan fingerprint density at radius 3 is 2.40 bits per heavy atom. The van der Waals surface area contributed by atoms with Crippen molar-refractivity contribution in [1.29, 1.82) is 0 Å². The summed E-state index contributed by atoms with van der Waals surface area (Å²) >= 11 is 0. The average molecular weight is 470 g/mol. The number of aryl methyl sites for hydroxylation is 1. The topological polar surface area (TPSA) is 52.6 Å². The van der Waals surface area contributed by atoms with Crippen LogP contribution in [0.4, 0.5) is 10.3 Å². The van der Waals surface area contributed by atoms with Crippen LogP contribution in [-0.2, 0) is 4.79 Å². The maximum Gasteiger partial charge on any atom is 0.242 e. The molecular weight excluding hydrogens is 441 g/mol. The van der Waals surface area contributed by atoms with Crippen LogP contribution >= 0.6 is 0 Å². The molecule has 2 aliphatic rings. The zero-order chi connectivity index (χ0) is 24.2. The number of anilines is 1. The van der Waals surface area contributed by atoms with Crippen molar-refractivity contribution < 1.29 is 9.18 Å². The Morgan fingerprint density at radius 2 is 1.69 bits per heavy atom. The second-order valence-corrected chi connectivity index (χ2v) is 8.82. The lowest BCUT2D eigenvalue weighted by Gasteiger charge is -2.36. The van der Waals surface area contributed by atoms with Gasteiger partial charge in [-0.2, -0.15) is 0 Å². The van der Waals surface area contributed by atoms with Crippen LogP contribution in [0.25, 0.3) is 11.3 Å². The second kappa shape index (κ2) is 10.1. The SMILES string of the molecule is Cc1cc(C2=CN(CC(=O)N3CCN(c4ncccn4)CC3)C(c3ccccc3)=CC2)ccc1F. The van der Waals surface area contributed by atoms with Crippen LogP contribution in [0.2, 0.25) is 0 Å². The standard InChI is InChI=1S/C28H28FN5O/c1-21-18-23(8-10-25(21)29)24-9-11-26(22-6-3-2-4-7-22)34(19-24)20-27(35)32-14-16-33(17-15-32)28-30-12-5-13-31-28/h2-8,10-13,18-19H,9,14-17,20H2,1H3. The summed E-state index contributed by atoms with van der Waals surface area (Å²) in [5.41, 5.74) is 4.73. The monoisotopic (exact) mass is 469 g/mol. The normalized spacial score (nSPS) is 16.1. The first-order valence-corrected chi connectivity index (χ1v) is 11.9. The predicted molar refractivity (Wildman–Crippen MR) is 136 cm³/mol. The molecule has 5 rings (SSSR count). The Balaban J connectivity index is 1.33. The maximum absolute atomic E-state index is 13.8. The minimum absolute atomic E-state index is 0.0771. The van der Waals surface area contributed by atoms with Gasteiger partial charge in [0.25, 0.3) is 0 Å². The molecule has 35 heavy (non-hydrogen) atoms. The highest BCUT2D eigenvalue weighted by atomic mass is 19.1. The molecule has 1 saturated heterocycles. The molecule has 2 aliphatic heterocycles. The fourth-order valence-electron chi connectivity index (χ4n) is 4.55. The molecule has 0 saturated carbocycles. The molecule has 2 aromatic carbocycles. The number of rotatable bonds is 5. The van der Waals surface area contributed by atoms with E-state index in [9.17, 15) is 9.18 Å². The molecule has 0 bridgehead atoms. The van der Waals surface area contributed by atoms with Gasteiger partial charge in [-0.25, -0.2) is 14.4 Å². The summed E-state index contributed by atoms with van der Waals surface area (Å²) in [6, 6.07) is 17.1. The molecule has 0 atom stereocenters. The number of aromatic nitrogens is 2. The highest BCUT2D eigenvalue weighted by molar-refractivity contribution is 5.83. The van der Waals surface area contributed by atoms with Gasteiger partial charge in [0.1, 0.15) is 12.4 Å². The number of piperazine rings is 1. The van der Waals surface area contributed by atoms with Crippen LogP contribution in [-0.4, -0.2) is 58.4 Å². The lowest BCUT2D eigenvalue weighted by atomic mass is 9.97. The number of benzene rings is 2. The third-order valence-corrected chi connectivity index (χ3v) is 6.51. The largest absolute Gasteiger partial charge is 0.338 e. The van der Waals surface area contributed by atoms with Gasteiger partial charge in [0.2, 0.25) is 11.9 Å². The average Bonchev–Trinajstić information content (AvgIpc) is 2.91. The van der Waals surface area contributed by atoms with Crippen LogP contribution < -0.4 is 4.90 Å².